The van der Waals surface area contributed by atoms with Gasteiger partial charge in [0.2, 0.25) is 0 Å². The van der Waals surface area contributed by atoms with Gasteiger partial charge >= 0.3 is 5.97 Å². The van der Waals surface area contributed by atoms with Crippen molar-refractivity contribution in [1.82, 2.24) is 4.90 Å². The van der Waals surface area contributed by atoms with E-state index in [1.807, 2.05) is 0 Å². The number of fused-ring (bicyclic) bond motifs is 4. The van der Waals surface area contributed by atoms with E-state index in [0.717, 1.165) is 0 Å². The molecule has 0 bridgehead atoms. The first kappa shape index (κ1) is 18.1. The lowest BCUT2D eigenvalue weighted by molar-refractivity contribution is -0.134. The summed E-state index contributed by atoms with van der Waals surface area (Å²) >= 11 is 0. The van der Waals surface area contributed by atoms with Crippen molar-refractivity contribution >= 4 is 46.8 Å². The molecule has 5 rings (SSSR count). The molecule has 3 heterocycles. The van der Waals surface area contributed by atoms with Gasteiger partial charge in [-0.3, -0.25) is 14.5 Å². The van der Waals surface area contributed by atoms with E-state index >= 15 is 0 Å². The summed E-state index contributed by atoms with van der Waals surface area (Å²) in [6, 6.07) is 10.3. The molecule has 3 aliphatic rings. The summed E-state index contributed by atoms with van der Waals surface area (Å²) in [5.41, 5.74) is 2.85. The van der Waals surface area contributed by atoms with Gasteiger partial charge in [-0.25, -0.2) is 19.8 Å². The Hall–Kier alpha value is -3.94. The van der Waals surface area contributed by atoms with E-state index in [9.17, 15) is 14.4 Å². The van der Waals surface area contributed by atoms with E-state index < -0.39 is 5.97 Å². The van der Waals surface area contributed by atoms with Crippen LogP contribution in [0.5, 0.6) is 0 Å². The Balaban J connectivity index is 1.54. The maximum absolute atomic E-state index is 12.7. The highest BCUT2D eigenvalue weighted by atomic mass is 16.5. The molecule has 0 aliphatic carbocycles. The van der Waals surface area contributed by atoms with E-state index in [-0.39, 0.29) is 37.1 Å². The molecule has 8 heteroatoms. The Kier molecular flexibility index (Phi) is 4.13. The second-order valence-electron chi connectivity index (χ2n) is 6.92. The minimum absolute atomic E-state index is 0.115. The number of carbonyl (C=O) groups is 3. The molecule has 3 aliphatic heterocycles. The number of ether oxygens (including phenoxy) is 1. The van der Waals surface area contributed by atoms with Crippen LogP contribution < -0.4 is 10.6 Å². The summed E-state index contributed by atoms with van der Waals surface area (Å²) in [4.78, 5) is 52.1. The SMILES string of the molecule is CCOC(=O)C1=Nc2ccc3c(c2=C1CCN1C(=O)c2ccccc2C1=O)=NC=N3. The molecule has 0 aromatic heterocycles. The van der Waals surface area contributed by atoms with Gasteiger partial charge in [0.25, 0.3) is 11.8 Å². The van der Waals surface area contributed by atoms with Crippen LogP contribution in [-0.2, 0) is 9.53 Å². The normalized spacial score (nSPS) is 15.7. The van der Waals surface area contributed by atoms with Gasteiger partial charge in [0.15, 0.2) is 5.71 Å². The first-order valence-electron chi connectivity index (χ1n) is 9.58. The molecule has 0 atom stereocenters. The molecular formula is C22H16N4O4. The van der Waals surface area contributed by atoms with E-state index in [1.165, 1.54) is 11.2 Å². The number of hydrogen-bond donors (Lipinski definition) is 0. The van der Waals surface area contributed by atoms with Crippen molar-refractivity contribution in [3.8, 4) is 0 Å². The largest absolute Gasteiger partial charge is 0.461 e. The molecule has 2 aromatic carbocycles. The fraction of sp³-hybridized carbons (Fsp3) is 0.182. The van der Waals surface area contributed by atoms with Crippen molar-refractivity contribution in [3.63, 3.8) is 0 Å². The summed E-state index contributed by atoms with van der Waals surface area (Å²) in [7, 11) is 0. The smallest absolute Gasteiger partial charge is 0.357 e. The molecule has 0 unspecified atom stereocenters. The van der Waals surface area contributed by atoms with Gasteiger partial charge in [0, 0.05) is 11.8 Å². The van der Waals surface area contributed by atoms with Gasteiger partial charge in [-0.2, -0.15) is 0 Å². The summed E-state index contributed by atoms with van der Waals surface area (Å²) in [5, 5.41) is 1.33. The zero-order chi connectivity index (χ0) is 20.8. The second-order valence-corrected chi connectivity index (χ2v) is 6.92. The van der Waals surface area contributed by atoms with Gasteiger partial charge in [0.1, 0.15) is 11.7 Å². The van der Waals surface area contributed by atoms with Gasteiger partial charge in [-0.05, 0) is 43.2 Å². The Morgan fingerprint density at radius 2 is 1.73 bits per heavy atom. The van der Waals surface area contributed by atoms with Crippen molar-refractivity contribution in [3.05, 3.63) is 58.1 Å². The number of aliphatic imine (C=N–C) groups is 2. The first-order valence-corrected chi connectivity index (χ1v) is 9.58. The van der Waals surface area contributed by atoms with Crippen LogP contribution in [0.4, 0.5) is 11.4 Å². The number of amides is 2. The first-order chi connectivity index (χ1) is 14.6. The van der Waals surface area contributed by atoms with Crippen LogP contribution in [0.25, 0.3) is 5.57 Å². The van der Waals surface area contributed by atoms with Gasteiger partial charge in [0.05, 0.1) is 29.1 Å². The lowest BCUT2D eigenvalue weighted by Crippen LogP contribution is -2.34. The van der Waals surface area contributed by atoms with Gasteiger partial charge in [-0.15, -0.1) is 0 Å². The van der Waals surface area contributed by atoms with E-state index in [4.69, 9.17) is 4.74 Å². The summed E-state index contributed by atoms with van der Waals surface area (Å²) in [5.74, 6) is -1.22. The quantitative estimate of drug-likeness (QED) is 0.560. The van der Waals surface area contributed by atoms with E-state index in [2.05, 4.69) is 15.0 Å². The predicted octanol–water partition coefficient (Wildman–Crippen LogP) is 1.47. The highest BCUT2D eigenvalue weighted by Gasteiger charge is 2.36. The number of rotatable bonds is 5. The van der Waals surface area contributed by atoms with Crippen molar-refractivity contribution in [2.24, 2.45) is 15.0 Å². The van der Waals surface area contributed by atoms with Crippen LogP contribution in [0, 0.1) is 0 Å². The molecule has 0 N–H and O–H groups in total. The van der Waals surface area contributed by atoms with E-state index in [1.54, 1.807) is 43.3 Å². The lowest BCUT2D eigenvalue weighted by atomic mass is 10.0. The minimum Gasteiger partial charge on any atom is -0.461 e. The molecule has 2 amide bonds. The van der Waals surface area contributed by atoms with Gasteiger partial charge in [-0.1, -0.05) is 12.1 Å². The number of nitrogens with zero attached hydrogens (tertiary/aromatic N) is 4. The third-order valence-electron chi connectivity index (χ3n) is 5.27. The zero-order valence-corrected chi connectivity index (χ0v) is 16.1. The molecule has 30 heavy (non-hydrogen) atoms. The predicted molar refractivity (Wildman–Crippen MR) is 109 cm³/mol. The molecule has 8 nitrogen and oxygen atoms in total. The molecule has 148 valence electrons. The lowest BCUT2D eigenvalue weighted by Gasteiger charge is -2.14. The molecule has 0 saturated carbocycles. The highest BCUT2D eigenvalue weighted by Crippen LogP contribution is 2.26. The second kappa shape index (κ2) is 6.84. The molecule has 0 radical (unpaired) electrons. The molecular weight excluding hydrogens is 384 g/mol. The number of carbonyl (C=O) groups excluding carboxylic acids is 3. The highest BCUT2D eigenvalue weighted by molar-refractivity contribution is 6.53. The number of esters is 1. The van der Waals surface area contributed by atoms with Gasteiger partial charge < -0.3 is 4.74 Å². The molecule has 0 spiro atoms. The van der Waals surface area contributed by atoms with Crippen molar-refractivity contribution < 1.29 is 19.1 Å². The Morgan fingerprint density at radius 1 is 1.03 bits per heavy atom. The van der Waals surface area contributed by atoms with E-state index in [0.29, 0.717) is 38.7 Å². The topological polar surface area (TPSA) is 101 Å². The fourth-order valence-electron chi connectivity index (χ4n) is 3.93. The number of hydrogen-bond acceptors (Lipinski definition) is 7. The summed E-state index contributed by atoms with van der Waals surface area (Å²) < 4.78 is 5.17. The average molecular weight is 400 g/mol. The van der Waals surface area contributed by atoms with Crippen molar-refractivity contribution in [2.45, 2.75) is 13.3 Å². The van der Waals surface area contributed by atoms with Crippen LogP contribution in [0.1, 0.15) is 34.1 Å². The molecule has 0 saturated heterocycles. The minimum atomic E-state index is -0.543. The van der Waals surface area contributed by atoms with Crippen LogP contribution in [-0.4, -0.2) is 47.9 Å². The van der Waals surface area contributed by atoms with Crippen molar-refractivity contribution in [2.75, 3.05) is 13.2 Å². The molecule has 0 fully saturated rings. The maximum atomic E-state index is 12.7. The van der Waals surface area contributed by atoms with Crippen LogP contribution in [0.3, 0.4) is 0 Å². The Labute approximate surface area is 170 Å². The standard InChI is InChI=1S/C22H16N4O4/c1-2-30-22(29)18-14(17-15(25-18)7-8-16-19(17)24-11-23-16)9-10-26-20(27)12-5-3-4-6-13(12)21(26)28/h3-8,11H,2,9-10H2,1H3. The fourth-order valence-corrected chi connectivity index (χ4v) is 3.93. The number of benzene rings is 2. The summed E-state index contributed by atoms with van der Waals surface area (Å²) in [6.45, 7) is 2.05. The third kappa shape index (κ3) is 2.61. The van der Waals surface area contributed by atoms with Crippen molar-refractivity contribution in [1.29, 1.82) is 0 Å². The Bertz CT molecular complexity index is 1290. The zero-order valence-electron chi connectivity index (χ0n) is 16.1. The molecule has 2 aromatic rings. The van der Waals surface area contributed by atoms with Crippen LogP contribution in [0.15, 0.2) is 51.4 Å². The van der Waals surface area contributed by atoms with Crippen LogP contribution >= 0.6 is 0 Å². The maximum Gasteiger partial charge on any atom is 0.357 e. The number of imide groups is 1. The van der Waals surface area contributed by atoms with Crippen LogP contribution in [0.2, 0.25) is 0 Å². The summed E-state index contributed by atoms with van der Waals surface area (Å²) in [6.07, 6.45) is 1.71. The monoisotopic (exact) mass is 400 g/mol. The third-order valence-corrected chi connectivity index (χ3v) is 5.27. The average Bonchev–Trinajstić information content (AvgIpc) is 3.43. The Morgan fingerprint density at radius 3 is 2.43 bits per heavy atom.